The number of nitrogens with one attached hydrogen (secondary N) is 1. The summed E-state index contributed by atoms with van der Waals surface area (Å²) in [5, 5.41) is 5.92. The summed E-state index contributed by atoms with van der Waals surface area (Å²) >= 11 is 1.36. The molecular weight excluding hydrogens is 687 g/mol. The summed E-state index contributed by atoms with van der Waals surface area (Å²) in [5.74, 6) is 1.15. The second kappa shape index (κ2) is 14.6. The molecular formula is C41H49N7O4S. The number of methoxy groups -OCH3 is 1. The summed E-state index contributed by atoms with van der Waals surface area (Å²) in [6.07, 6.45) is 12.0. The van der Waals surface area contributed by atoms with Crippen LogP contribution in [0.4, 0.5) is 0 Å². The van der Waals surface area contributed by atoms with E-state index >= 15 is 0 Å². The predicted molar refractivity (Wildman–Crippen MR) is 209 cm³/mol. The minimum Gasteiger partial charge on any atom is -0.497 e. The fourth-order valence-corrected chi connectivity index (χ4v) is 10.1. The third-order valence-electron chi connectivity index (χ3n) is 12.2. The van der Waals surface area contributed by atoms with Crippen molar-refractivity contribution in [3.8, 4) is 17.0 Å². The van der Waals surface area contributed by atoms with Gasteiger partial charge in [-0.05, 0) is 84.7 Å². The van der Waals surface area contributed by atoms with Gasteiger partial charge in [0.05, 0.1) is 50.0 Å². The molecule has 11 nitrogen and oxygen atoms in total. The maximum absolute atomic E-state index is 14.6. The van der Waals surface area contributed by atoms with Crippen LogP contribution in [0.15, 0.2) is 42.6 Å². The molecule has 53 heavy (non-hydrogen) atoms. The SMILES string of the molecule is COc1ccc2c(c1)C=C(c1c(C(=O)N3CCN4CCC3CC4)cnn1C)Cn1c-2c(C2CCCCC2)c2ccc(C(=O)NSN3CCOCC3)cc21. The molecule has 7 heterocycles. The van der Waals surface area contributed by atoms with Gasteiger partial charge < -0.3 is 23.8 Å². The van der Waals surface area contributed by atoms with Crippen molar-refractivity contribution in [2.24, 2.45) is 7.05 Å². The molecule has 12 heteroatoms. The van der Waals surface area contributed by atoms with Gasteiger partial charge >= 0.3 is 0 Å². The van der Waals surface area contributed by atoms with Crippen molar-refractivity contribution in [2.45, 2.75) is 63.5 Å². The lowest BCUT2D eigenvalue weighted by atomic mass is 9.81. The Morgan fingerprint density at radius 3 is 2.53 bits per heavy atom. The molecule has 278 valence electrons. The highest BCUT2D eigenvalue weighted by Gasteiger charge is 2.36. The molecule has 0 unspecified atom stereocenters. The number of piperidine rings is 1. The molecule has 2 bridgehead atoms. The second-order valence-electron chi connectivity index (χ2n) is 15.2. The Balaban J connectivity index is 1.18. The quantitative estimate of drug-likeness (QED) is 0.225. The van der Waals surface area contributed by atoms with Crippen molar-refractivity contribution in [1.82, 2.24) is 33.2 Å². The number of rotatable bonds is 7. The lowest BCUT2D eigenvalue weighted by Gasteiger charge is -2.31. The number of hydrogen-bond acceptors (Lipinski definition) is 8. The van der Waals surface area contributed by atoms with Gasteiger partial charge in [0, 0.05) is 86.5 Å². The fraction of sp³-hybridized carbons (Fsp3) is 0.488. The van der Waals surface area contributed by atoms with Crippen molar-refractivity contribution < 1.29 is 19.1 Å². The van der Waals surface area contributed by atoms with E-state index in [0.29, 0.717) is 36.8 Å². The van der Waals surface area contributed by atoms with Crippen molar-refractivity contribution in [2.75, 3.05) is 59.6 Å². The first-order valence-corrected chi connectivity index (χ1v) is 20.1. The van der Waals surface area contributed by atoms with Gasteiger partial charge in [-0.15, -0.1) is 0 Å². The van der Waals surface area contributed by atoms with E-state index in [9.17, 15) is 9.59 Å². The number of nitrogens with zero attached hydrogens (tertiary/aromatic N) is 6. The summed E-state index contributed by atoms with van der Waals surface area (Å²) in [7, 11) is 3.65. The summed E-state index contributed by atoms with van der Waals surface area (Å²) < 4.78 is 20.8. The number of amides is 2. The van der Waals surface area contributed by atoms with E-state index in [1.54, 1.807) is 13.3 Å². The van der Waals surface area contributed by atoms with Crippen LogP contribution in [0.2, 0.25) is 0 Å². The van der Waals surface area contributed by atoms with Crippen LogP contribution in [0.1, 0.15) is 88.4 Å². The molecule has 4 aromatic rings. The molecule has 2 aromatic carbocycles. The zero-order chi connectivity index (χ0) is 36.1. The number of morpholine rings is 1. The first kappa shape index (κ1) is 34.7. The number of ether oxygens (including phenoxy) is 2. The van der Waals surface area contributed by atoms with Crippen LogP contribution >= 0.6 is 12.1 Å². The van der Waals surface area contributed by atoms with Crippen molar-refractivity contribution in [3.63, 3.8) is 0 Å². The molecule has 0 spiro atoms. The van der Waals surface area contributed by atoms with E-state index in [1.165, 1.54) is 48.0 Å². The molecule has 0 radical (unpaired) electrons. The monoisotopic (exact) mass is 735 g/mol. The molecule has 10 rings (SSSR count). The summed E-state index contributed by atoms with van der Waals surface area (Å²) in [6.45, 7) is 7.16. The molecule has 6 aliphatic rings. The van der Waals surface area contributed by atoms with E-state index in [0.717, 1.165) is 98.6 Å². The number of allylic oxidation sites excluding steroid dienone is 1. The van der Waals surface area contributed by atoms with E-state index in [4.69, 9.17) is 14.6 Å². The Morgan fingerprint density at radius 1 is 0.925 bits per heavy atom. The van der Waals surface area contributed by atoms with E-state index < -0.39 is 0 Å². The topological polar surface area (TPSA) is 97.1 Å². The van der Waals surface area contributed by atoms with E-state index in [-0.39, 0.29) is 17.9 Å². The zero-order valence-corrected chi connectivity index (χ0v) is 31.6. The number of hydrogen-bond donors (Lipinski definition) is 1. The molecule has 4 saturated heterocycles. The Morgan fingerprint density at radius 2 is 1.74 bits per heavy atom. The van der Waals surface area contributed by atoms with E-state index in [1.807, 2.05) is 17.8 Å². The molecule has 2 amide bonds. The van der Waals surface area contributed by atoms with Gasteiger partial charge in [-0.25, -0.2) is 4.31 Å². The maximum Gasteiger partial charge on any atom is 0.262 e. The summed E-state index contributed by atoms with van der Waals surface area (Å²) in [6, 6.07) is 12.8. The Labute approximate surface area is 315 Å². The van der Waals surface area contributed by atoms with Crippen molar-refractivity contribution in [1.29, 1.82) is 0 Å². The first-order valence-electron chi connectivity index (χ1n) is 19.4. The maximum atomic E-state index is 14.6. The number of fused-ring (bicyclic) bond motifs is 9. The van der Waals surface area contributed by atoms with Crippen LogP contribution in [0.25, 0.3) is 33.8 Å². The number of aromatic nitrogens is 3. The second-order valence-corrected chi connectivity index (χ2v) is 16.1. The minimum absolute atomic E-state index is 0.0649. The predicted octanol–water partition coefficient (Wildman–Crippen LogP) is 6.20. The molecule has 5 fully saturated rings. The van der Waals surface area contributed by atoms with Gasteiger partial charge in [0.15, 0.2) is 0 Å². The van der Waals surface area contributed by atoms with E-state index in [2.05, 4.69) is 59.8 Å². The highest BCUT2D eigenvalue weighted by atomic mass is 32.2. The van der Waals surface area contributed by atoms with Crippen LogP contribution in [0.3, 0.4) is 0 Å². The largest absolute Gasteiger partial charge is 0.497 e. The number of aryl methyl sites for hydroxylation is 1. The number of benzene rings is 2. The normalized spacial score (nSPS) is 22.2. The van der Waals surface area contributed by atoms with Crippen molar-refractivity contribution >= 4 is 46.5 Å². The third-order valence-corrected chi connectivity index (χ3v) is 13.1. The highest BCUT2D eigenvalue weighted by Crippen LogP contribution is 2.48. The minimum atomic E-state index is -0.116. The molecule has 1 saturated carbocycles. The van der Waals surface area contributed by atoms with Crippen molar-refractivity contribution in [3.05, 3.63) is 70.5 Å². The molecule has 2 aromatic heterocycles. The fourth-order valence-electron chi connectivity index (χ4n) is 9.41. The summed E-state index contributed by atoms with van der Waals surface area (Å²) in [5.41, 5.74) is 8.92. The van der Waals surface area contributed by atoms with Crippen LogP contribution in [0, 0.1) is 0 Å². The molecule has 5 aliphatic heterocycles. The Kier molecular flexibility index (Phi) is 9.56. The Bertz CT molecular complexity index is 2070. The van der Waals surface area contributed by atoms with Gasteiger partial charge in [-0.1, -0.05) is 25.3 Å². The number of carbonyl (C=O) groups is 2. The molecule has 1 N–H and O–H groups in total. The number of carbonyl (C=O) groups excluding carboxylic acids is 2. The van der Waals surface area contributed by atoms with Gasteiger partial charge in [-0.2, -0.15) is 5.10 Å². The molecule has 1 aliphatic carbocycles. The third kappa shape index (κ3) is 6.47. The van der Waals surface area contributed by atoms with Gasteiger partial charge in [0.25, 0.3) is 11.8 Å². The smallest absolute Gasteiger partial charge is 0.262 e. The van der Waals surface area contributed by atoms with Crippen LogP contribution in [-0.4, -0.2) is 106 Å². The van der Waals surface area contributed by atoms with Gasteiger partial charge in [0.1, 0.15) is 5.75 Å². The lowest BCUT2D eigenvalue weighted by Crippen LogP contribution is -2.41. The zero-order valence-electron chi connectivity index (χ0n) is 30.8. The Hall–Kier alpha value is -4.10. The highest BCUT2D eigenvalue weighted by molar-refractivity contribution is 7.95. The standard InChI is InChI=1S/C41H49N7O4S/c1-44-38(35(25-42-44)41(50)47-17-16-45-14-12-31(47)13-15-45)30-22-29-23-32(51-2)9-11-33(29)39-37(27-6-4-3-5-7-27)34-10-8-28(24-36(34)48(39)26-30)40(49)43-53-46-18-20-52-21-19-46/h8-11,22-25,27,31H,3-7,12-21,26H2,1-2H3,(H,43,49). The van der Waals surface area contributed by atoms with Gasteiger partial charge in [-0.3, -0.25) is 19.0 Å². The lowest BCUT2D eigenvalue weighted by molar-refractivity contribution is 0.0684. The summed E-state index contributed by atoms with van der Waals surface area (Å²) in [4.78, 5) is 32.9. The first-order chi connectivity index (χ1) is 26.0. The van der Waals surface area contributed by atoms with Crippen LogP contribution < -0.4 is 9.46 Å². The van der Waals surface area contributed by atoms with Gasteiger partial charge in [0.2, 0.25) is 0 Å². The van der Waals surface area contributed by atoms with Crippen LogP contribution in [-0.2, 0) is 18.3 Å². The van der Waals surface area contributed by atoms with Crippen LogP contribution in [0.5, 0.6) is 5.75 Å². The average Bonchev–Trinajstić information content (AvgIpc) is 3.48. The average molecular weight is 736 g/mol. The molecule has 0 atom stereocenters.